The van der Waals surface area contributed by atoms with Crippen LogP contribution in [0.4, 0.5) is 17.1 Å². The molecule has 1 spiro atoms. The highest BCUT2D eigenvalue weighted by Gasteiger charge is 2.55. The van der Waals surface area contributed by atoms with Gasteiger partial charge in [0.2, 0.25) is 0 Å². The Kier molecular flexibility index (Phi) is 14.2. The van der Waals surface area contributed by atoms with Crippen LogP contribution >= 0.6 is 0 Å². The molecule has 0 radical (unpaired) electrons. The van der Waals surface area contributed by atoms with Gasteiger partial charge in [-0.15, -0.1) is 0 Å². The van der Waals surface area contributed by atoms with Crippen molar-refractivity contribution < 1.29 is 32.7 Å². The van der Waals surface area contributed by atoms with Crippen LogP contribution in [0.3, 0.4) is 0 Å². The second-order valence-corrected chi connectivity index (χ2v) is 23.4. The Morgan fingerprint density at radius 2 is 1.77 bits per heavy atom. The lowest BCUT2D eigenvalue weighted by Gasteiger charge is -2.63. The Balaban J connectivity index is 0.840. The Labute approximate surface area is 433 Å². The molecule has 16 nitrogen and oxygen atoms in total. The van der Waals surface area contributed by atoms with Gasteiger partial charge in [-0.1, -0.05) is 57.2 Å². The first-order chi connectivity index (χ1) is 35.5. The molecule has 2 aliphatic carbocycles. The molecule has 74 heavy (non-hydrogen) atoms. The first-order valence-electron chi connectivity index (χ1n) is 26.0. The second kappa shape index (κ2) is 20.6. The number of hydrogen-bond donors (Lipinski definition) is 4. The number of carbonyl (C=O) groups is 1. The lowest BCUT2D eigenvalue weighted by Crippen LogP contribution is -2.68. The molecule has 1 atom stereocenters. The summed E-state index contributed by atoms with van der Waals surface area (Å²) in [5.41, 5.74) is 5.91. The number of pyridine rings is 1. The van der Waals surface area contributed by atoms with Crippen molar-refractivity contribution in [3.05, 3.63) is 141 Å². The van der Waals surface area contributed by atoms with E-state index >= 15 is 0 Å². The van der Waals surface area contributed by atoms with E-state index in [0.717, 1.165) is 94.3 Å². The maximum atomic E-state index is 14.1. The summed E-state index contributed by atoms with van der Waals surface area (Å²) in [6.45, 7) is 14.4. The third kappa shape index (κ3) is 10.7. The van der Waals surface area contributed by atoms with E-state index in [9.17, 15) is 28.4 Å². The summed E-state index contributed by atoms with van der Waals surface area (Å²) in [6, 6.07) is 28.6. The van der Waals surface area contributed by atoms with Gasteiger partial charge in [0.15, 0.2) is 0 Å². The van der Waals surface area contributed by atoms with Crippen LogP contribution < -0.4 is 24.4 Å². The number of nitro groups is 1. The van der Waals surface area contributed by atoms with Gasteiger partial charge in [-0.25, -0.2) is 18.1 Å². The number of piperazine rings is 1. The van der Waals surface area contributed by atoms with Crippen LogP contribution in [0.5, 0.6) is 17.2 Å². The fourth-order valence-electron chi connectivity index (χ4n) is 11.9. The largest absolute Gasteiger partial charge is 0.496 e. The molecular formula is C57H68N8O8S. The minimum atomic E-state index is -4.59. The number of aromatic nitrogens is 2. The zero-order valence-electron chi connectivity index (χ0n) is 43.0. The monoisotopic (exact) mass is 1020 g/mol. The number of nitro benzene ring substituents is 1. The summed E-state index contributed by atoms with van der Waals surface area (Å²) in [5.74, 6) is 1.09. The van der Waals surface area contributed by atoms with Crippen molar-refractivity contribution in [2.24, 2.45) is 11.3 Å². The number of nitrogens with zero attached hydrogens (tertiary/aromatic N) is 5. The normalized spacial score (nSPS) is 21.3. The molecule has 4 aliphatic rings. The minimum absolute atomic E-state index is 0.0337. The van der Waals surface area contributed by atoms with E-state index in [1.165, 1.54) is 40.6 Å². The summed E-state index contributed by atoms with van der Waals surface area (Å²) in [4.78, 5) is 40.4. The molecule has 1 amide bonds. The Bertz CT molecular complexity index is 3150. The first kappa shape index (κ1) is 51.0. The van der Waals surface area contributed by atoms with Gasteiger partial charge in [-0.05, 0) is 128 Å². The van der Waals surface area contributed by atoms with Crippen molar-refractivity contribution in [1.29, 1.82) is 0 Å². The molecule has 4 heterocycles. The van der Waals surface area contributed by atoms with Crippen molar-refractivity contribution in [3.63, 3.8) is 0 Å². The first-order valence-corrected chi connectivity index (χ1v) is 27.5. The van der Waals surface area contributed by atoms with Gasteiger partial charge in [0.25, 0.3) is 21.6 Å². The molecular weight excluding hydrogens is 957 g/mol. The highest BCUT2D eigenvalue weighted by Crippen LogP contribution is 2.54. The summed E-state index contributed by atoms with van der Waals surface area (Å²) in [7, 11) is -2.84. The molecule has 390 valence electrons. The molecule has 2 aromatic heterocycles. The molecule has 10 rings (SSSR count). The maximum absolute atomic E-state index is 14.1. The number of rotatable bonds is 17. The van der Waals surface area contributed by atoms with Gasteiger partial charge in [-0.2, -0.15) is 0 Å². The van der Waals surface area contributed by atoms with Gasteiger partial charge in [-0.3, -0.25) is 24.7 Å². The van der Waals surface area contributed by atoms with Crippen LogP contribution in [0, 0.1) is 21.4 Å². The third-order valence-corrected chi connectivity index (χ3v) is 17.5. The van der Waals surface area contributed by atoms with E-state index in [2.05, 4.69) is 97.9 Å². The summed E-state index contributed by atoms with van der Waals surface area (Å²) >= 11 is 0. The Morgan fingerprint density at radius 1 is 0.986 bits per heavy atom. The zero-order valence-corrected chi connectivity index (χ0v) is 43.8. The zero-order chi connectivity index (χ0) is 51.9. The number of fused-ring (bicyclic) bond motifs is 1. The lowest BCUT2D eigenvalue weighted by atomic mass is 9.59. The van der Waals surface area contributed by atoms with E-state index in [-0.39, 0.29) is 34.4 Å². The van der Waals surface area contributed by atoms with Crippen LogP contribution in [-0.2, 0) is 23.0 Å². The number of ether oxygens (including phenoxy) is 2. The average molecular weight is 1030 g/mol. The number of aromatic amines is 1. The molecule has 17 heteroatoms. The second-order valence-electron chi connectivity index (χ2n) is 21.8. The van der Waals surface area contributed by atoms with E-state index in [0.29, 0.717) is 42.7 Å². The maximum Gasteiger partial charge on any atom is 0.293 e. The summed E-state index contributed by atoms with van der Waals surface area (Å²) in [5, 5.41) is 26.5. The number of aliphatic hydroxyl groups is 1. The van der Waals surface area contributed by atoms with E-state index in [1.54, 1.807) is 31.5 Å². The molecule has 6 aromatic rings. The predicted molar refractivity (Wildman–Crippen MR) is 287 cm³/mol. The van der Waals surface area contributed by atoms with Crippen LogP contribution in [0.1, 0.15) is 111 Å². The van der Waals surface area contributed by atoms with Crippen LogP contribution in [0.15, 0.2) is 108 Å². The van der Waals surface area contributed by atoms with E-state index in [4.69, 9.17) is 9.47 Å². The van der Waals surface area contributed by atoms with Gasteiger partial charge >= 0.3 is 0 Å². The highest BCUT2D eigenvalue weighted by atomic mass is 32.2. The predicted octanol–water partition coefficient (Wildman–Crippen LogP) is 9.96. The topological polar surface area (TPSA) is 196 Å². The number of aryl methyl sites for hydroxylation is 1. The Hall–Kier alpha value is -6.53. The smallest absolute Gasteiger partial charge is 0.293 e. The molecule has 2 saturated carbocycles. The van der Waals surface area contributed by atoms with Gasteiger partial charge < -0.3 is 29.8 Å². The van der Waals surface area contributed by atoms with Gasteiger partial charge in [0, 0.05) is 92.7 Å². The van der Waals surface area contributed by atoms with Crippen LogP contribution in [-0.4, -0.2) is 102 Å². The van der Waals surface area contributed by atoms with Crippen LogP contribution in [0.2, 0.25) is 0 Å². The number of carbonyl (C=O) groups excluding carboxylic acids is 1. The molecule has 4 fully saturated rings. The standard InChI is InChI=1S/C57H68N8O8S/c1-6-40-12-11-39(25-52(40)72-5)33-62-23-24-64(51(34-62)47-10-8-7-9-46(47)37(2)3)43-29-57(30-43)35-63(36-57)42-13-15-48(53(27-42)73-44-26-41-19-22-58-54(41)60-32-44)55(66)61-74(70,71)45-14-16-49(50(28-45)65(68)69)59-31-38-17-20-56(4,67)21-18-38/h7-16,19,22,25-28,32,37-38,43,51,59,67H,6,17-18,20-21,23-24,29-31,33-36H2,1-5H3,(H,58,60)(H,61,66)/t38?,51-,56?/m0/s1. The molecule has 2 aliphatic heterocycles. The van der Waals surface area contributed by atoms with Gasteiger partial charge in [0.05, 0.1) is 34.3 Å². The number of sulfonamides is 1. The lowest BCUT2D eigenvalue weighted by molar-refractivity contribution is -0.384. The van der Waals surface area contributed by atoms with Crippen molar-refractivity contribution in [3.8, 4) is 17.2 Å². The number of methoxy groups -OCH3 is 1. The average Bonchev–Trinajstić information content (AvgIpc) is 3.84. The van der Waals surface area contributed by atoms with E-state index < -0.39 is 37.0 Å². The fourth-order valence-corrected chi connectivity index (χ4v) is 12.9. The van der Waals surface area contributed by atoms with Crippen molar-refractivity contribution in [2.75, 3.05) is 56.6 Å². The summed E-state index contributed by atoms with van der Waals surface area (Å²) < 4.78 is 42.0. The fraction of sp³-hybridized carbons (Fsp3) is 0.439. The molecule has 0 bridgehead atoms. The molecule has 4 N–H and O–H groups in total. The molecule has 2 saturated heterocycles. The number of anilines is 2. The summed E-state index contributed by atoms with van der Waals surface area (Å²) in [6.07, 6.45) is 9.17. The van der Waals surface area contributed by atoms with Crippen molar-refractivity contribution in [2.45, 2.75) is 108 Å². The third-order valence-electron chi connectivity index (χ3n) is 16.1. The van der Waals surface area contributed by atoms with Gasteiger partial charge in [0.1, 0.15) is 28.6 Å². The van der Waals surface area contributed by atoms with E-state index in [1.807, 2.05) is 19.1 Å². The number of hydrogen-bond acceptors (Lipinski definition) is 13. The van der Waals surface area contributed by atoms with Crippen molar-refractivity contribution >= 4 is 44.0 Å². The number of nitrogens with one attached hydrogen (secondary N) is 3. The molecule has 4 aromatic carbocycles. The number of H-pyrrole nitrogens is 1. The SMILES string of the molecule is CCc1ccc(CN2CCN(C3CC4(C3)CN(c3ccc(C(=O)NS(=O)(=O)c5ccc(NCC6CCC(C)(O)CC6)c([N+](=O)[O-])c5)c(Oc5cnc6[nH]ccc6c5)c3)C4)[C@H](c3ccccc3C(C)C)C2)cc1OC. The molecule has 0 unspecified atom stereocenters. The number of amides is 1. The van der Waals surface area contributed by atoms with Crippen LogP contribution in [0.25, 0.3) is 11.0 Å². The minimum Gasteiger partial charge on any atom is -0.496 e. The quantitative estimate of drug-likeness (QED) is 0.0498. The van der Waals surface area contributed by atoms with Crippen molar-refractivity contribution in [1.82, 2.24) is 24.5 Å². The number of benzene rings is 4. The Morgan fingerprint density at radius 3 is 2.51 bits per heavy atom. The highest BCUT2D eigenvalue weighted by molar-refractivity contribution is 7.90.